The Labute approximate surface area is 265 Å². The fourth-order valence-electron chi connectivity index (χ4n) is 3.75. The minimum absolute atomic E-state index is 0.0120. The molecule has 0 aromatic carbocycles. The fourth-order valence-corrected chi connectivity index (χ4v) is 3.75. The van der Waals surface area contributed by atoms with Crippen molar-refractivity contribution in [2.24, 2.45) is 0 Å². The highest BCUT2D eigenvalue weighted by Gasteiger charge is 2.25. The van der Waals surface area contributed by atoms with Gasteiger partial charge in [0.1, 0.15) is 12.6 Å². The number of carbonyl (C=O) groups excluding carboxylic acids is 3. The van der Waals surface area contributed by atoms with Crippen LogP contribution < -0.4 is 5.11 Å². The molecule has 0 N–H and O–H groups in total. The summed E-state index contributed by atoms with van der Waals surface area (Å²) < 4.78 is 16.8. The number of ether oxygens (including phenoxy) is 3. The Kier molecular flexibility index (Phi) is 24.9. The van der Waals surface area contributed by atoms with Crippen molar-refractivity contribution in [3.8, 4) is 0 Å². The van der Waals surface area contributed by atoms with Gasteiger partial charge in [0.05, 0.1) is 40.3 Å². The molecule has 0 rings (SSSR count). The van der Waals surface area contributed by atoms with E-state index in [1.165, 1.54) is 0 Å². The van der Waals surface area contributed by atoms with Crippen LogP contribution in [0.15, 0.2) is 85.1 Å². The lowest BCUT2D eigenvalue weighted by molar-refractivity contribution is -0.889. The lowest BCUT2D eigenvalue weighted by atomic mass is 10.1. The average molecular weight is 614 g/mol. The van der Waals surface area contributed by atoms with Gasteiger partial charge >= 0.3 is 11.9 Å². The number of unbranched alkanes of at least 4 members (excludes halogenated alkanes) is 1. The molecule has 0 fully saturated rings. The molecule has 0 aromatic rings. The quantitative estimate of drug-likeness (QED) is 0.0426. The summed E-state index contributed by atoms with van der Waals surface area (Å²) in [6.45, 7) is 4.16. The first kappa shape index (κ1) is 40.5. The number of rotatable bonds is 25. The van der Waals surface area contributed by atoms with Gasteiger partial charge in [0, 0.05) is 19.3 Å². The number of esters is 2. The second-order valence-corrected chi connectivity index (χ2v) is 11.0. The van der Waals surface area contributed by atoms with Gasteiger partial charge < -0.3 is 28.6 Å². The van der Waals surface area contributed by atoms with E-state index in [1.807, 2.05) is 66.8 Å². The normalized spacial score (nSPS) is 14.3. The first-order valence-corrected chi connectivity index (χ1v) is 15.7. The van der Waals surface area contributed by atoms with E-state index < -0.39 is 24.1 Å². The summed E-state index contributed by atoms with van der Waals surface area (Å²) in [6, 6.07) is -0.747. The predicted octanol–water partition coefficient (Wildman–Crippen LogP) is 5.73. The second kappa shape index (κ2) is 27.1. The van der Waals surface area contributed by atoms with Crippen LogP contribution >= 0.6 is 0 Å². The van der Waals surface area contributed by atoms with Gasteiger partial charge in [0.2, 0.25) is 0 Å². The summed E-state index contributed by atoms with van der Waals surface area (Å²) in [4.78, 5) is 36.2. The maximum atomic E-state index is 12.5. The molecular formula is C36H55NO7. The topological polar surface area (TPSA) is 102 Å². The molecule has 246 valence electrons. The highest BCUT2D eigenvalue weighted by Crippen LogP contribution is 2.09. The number of aliphatic carboxylic acids is 1. The number of hydrogen-bond acceptors (Lipinski definition) is 7. The van der Waals surface area contributed by atoms with Gasteiger partial charge in [-0.2, -0.15) is 0 Å². The summed E-state index contributed by atoms with van der Waals surface area (Å²) in [5.74, 6) is -1.95. The zero-order chi connectivity index (χ0) is 32.9. The molecular weight excluding hydrogens is 558 g/mol. The summed E-state index contributed by atoms with van der Waals surface area (Å²) in [5.41, 5.74) is 0. The lowest BCUT2D eigenvalue weighted by Gasteiger charge is -2.34. The van der Waals surface area contributed by atoms with Crippen LogP contribution in [0.3, 0.4) is 0 Å². The van der Waals surface area contributed by atoms with Crippen molar-refractivity contribution in [2.75, 3.05) is 41.0 Å². The van der Waals surface area contributed by atoms with E-state index in [0.717, 1.165) is 19.3 Å². The van der Waals surface area contributed by atoms with Gasteiger partial charge in [0.15, 0.2) is 6.10 Å². The second-order valence-electron chi connectivity index (χ2n) is 11.0. The minimum atomic E-state index is -1.15. The van der Waals surface area contributed by atoms with Crippen LogP contribution in [-0.2, 0) is 28.6 Å². The molecule has 0 bridgehead atoms. The summed E-state index contributed by atoms with van der Waals surface area (Å²) in [5, 5.41) is 11.5. The molecule has 0 aliphatic rings. The average Bonchev–Trinajstić information content (AvgIpc) is 2.96. The van der Waals surface area contributed by atoms with Gasteiger partial charge in [-0.3, -0.25) is 9.59 Å². The zero-order valence-corrected chi connectivity index (χ0v) is 27.5. The fraction of sp³-hybridized carbons (Fsp3) is 0.528. The molecule has 44 heavy (non-hydrogen) atoms. The van der Waals surface area contributed by atoms with E-state index in [4.69, 9.17) is 14.2 Å². The lowest BCUT2D eigenvalue weighted by Crippen LogP contribution is -2.55. The summed E-state index contributed by atoms with van der Waals surface area (Å²) in [7, 11) is 5.32. The Bertz CT molecular complexity index is 996. The van der Waals surface area contributed by atoms with Crippen molar-refractivity contribution in [1.29, 1.82) is 0 Å². The maximum Gasteiger partial charge on any atom is 0.306 e. The number of nitrogens with zero attached hydrogens (tertiary/aromatic N) is 1. The third-order valence-corrected chi connectivity index (χ3v) is 6.17. The first-order chi connectivity index (χ1) is 21.1. The number of carbonyl (C=O) groups is 3. The molecule has 0 aromatic heterocycles. The summed E-state index contributed by atoms with van der Waals surface area (Å²) in [6.07, 6.45) is 32.4. The van der Waals surface area contributed by atoms with Crippen LogP contribution in [0.2, 0.25) is 0 Å². The van der Waals surface area contributed by atoms with Crippen molar-refractivity contribution < 1.29 is 38.2 Å². The molecule has 0 saturated heterocycles. The SMILES string of the molecule is CC/C=C/C=C/C=C/C=C/C=C/CCCC(=O)OC(COCCC(C(=O)[O-])[N+](C)(C)C)COC(=O)CC/C=C/C/C=C/CC. The standard InChI is InChI=1S/C36H55NO7/c1-6-8-10-12-14-15-16-17-18-19-21-23-25-27-35(39)44-32(30-42-29-28-33(36(40)41)37(3,4)5)31-43-34(38)26-24-22-20-13-11-9-7-2/h8-12,14-22,32-33H,6-7,13,23-31H2,1-5H3/b10-8+,11-9+,14-12+,16-15+,18-17+,21-19+,22-20+. The van der Waals surface area contributed by atoms with E-state index in [9.17, 15) is 19.5 Å². The molecule has 0 spiro atoms. The molecule has 0 saturated carbocycles. The van der Waals surface area contributed by atoms with Crippen molar-refractivity contribution in [2.45, 2.75) is 83.8 Å². The Morgan fingerprint density at radius 3 is 1.93 bits per heavy atom. The van der Waals surface area contributed by atoms with Crippen molar-refractivity contribution >= 4 is 17.9 Å². The summed E-state index contributed by atoms with van der Waals surface area (Å²) >= 11 is 0. The Morgan fingerprint density at radius 1 is 0.705 bits per heavy atom. The van der Waals surface area contributed by atoms with Crippen LogP contribution in [0.1, 0.15) is 71.6 Å². The van der Waals surface area contributed by atoms with E-state index in [1.54, 1.807) is 21.1 Å². The number of carboxylic acids is 1. The van der Waals surface area contributed by atoms with Gasteiger partial charge in [-0.15, -0.1) is 0 Å². The Balaban J connectivity index is 4.74. The first-order valence-electron chi connectivity index (χ1n) is 15.7. The maximum absolute atomic E-state index is 12.5. The van der Waals surface area contributed by atoms with Crippen LogP contribution in [0.5, 0.6) is 0 Å². The molecule has 0 aliphatic carbocycles. The number of quaternary nitrogens is 1. The third-order valence-electron chi connectivity index (χ3n) is 6.17. The van der Waals surface area contributed by atoms with Crippen molar-refractivity contribution in [3.63, 3.8) is 0 Å². The molecule has 0 amide bonds. The Hall–Kier alpha value is -3.49. The molecule has 2 unspecified atom stereocenters. The Morgan fingerprint density at radius 2 is 1.32 bits per heavy atom. The van der Waals surface area contributed by atoms with Gasteiger partial charge in [-0.05, 0) is 38.5 Å². The molecule has 0 heterocycles. The van der Waals surface area contributed by atoms with Crippen molar-refractivity contribution in [3.05, 3.63) is 85.1 Å². The van der Waals surface area contributed by atoms with Crippen LogP contribution in [0.25, 0.3) is 0 Å². The van der Waals surface area contributed by atoms with Gasteiger partial charge in [-0.1, -0.05) is 98.9 Å². The molecule has 2 atom stereocenters. The third kappa shape index (κ3) is 25.0. The number of allylic oxidation sites excluding steroid dienone is 14. The largest absolute Gasteiger partial charge is 0.544 e. The number of hydrogen-bond donors (Lipinski definition) is 0. The highest BCUT2D eigenvalue weighted by molar-refractivity contribution is 5.70. The molecule has 8 heteroatoms. The van der Waals surface area contributed by atoms with E-state index in [2.05, 4.69) is 32.1 Å². The zero-order valence-electron chi connectivity index (χ0n) is 27.5. The molecule has 8 nitrogen and oxygen atoms in total. The number of likely N-dealkylation sites (N-methyl/N-ethyl adjacent to an activating group) is 1. The molecule has 0 aliphatic heterocycles. The minimum Gasteiger partial charge on any atom is -0.544 e. The van der Waals surface area contributed by atoms with Crippen molar-refractivity contribution in [1.82, 2.24) is 0 Å². The van der Waals surface area contributed by atoms with Crippen LogP contribution in [-0.4, -0.2) is 75.5 Å². The smallest absolute Gasteiger partial charge is 0.306 e. The monoisotopic (exact) mass is 613 g/mol. The van der Waals surface area contributed by atoms with E-state index in [-0.39, 0.29) is 49.5 Å². The van der Waals surface area contributed by atoms with E-state index in [0.29, 0.717) is 19.3 Å². The number of carboxylic acid groups (broad SMARTS) is 1. The highest BCUT2D eigenvalue weighted by atomic mass is 16.6. The van der Waals surface area contributed by atoms with Crippen LogP contribution in [0.4, 0.5) is 0 Å². The van der Waals surface area contributed by atoms with E-state index >= 15 is 0 Å². The molecule has 0 radical (unpaired) electrons. The predicted molar refractivity (Wildman–Crippen MR) is 175 cm³/mol. The van der Waals surface area contributed by atoms with Crippen LogP contribution in [0, 0.1) is 0 Å². The van der Waals surface area contributed by atoms with Gasteiger partial charge in [0.25, 0.3) is 0 Å². The van der Waals surface area contributed by atoms with Gasteiger partial charge in [-0.25, -0.2) is 0 Å².